The van der Waals surface area contributed by atoms with Gasteiger partial charge in [-0.2, -0.15) is 0 Å². The maximum atomic E-state index is 2.45. The first-order chi connectivity index (χ1) is 26.1. The monoisotopic (exact) mass is 678 g/mol. The number of para-hydroxylation sites is 3. The highest BCUT2D eigenvalue weighted by atomic mass is 15.1. The maximum Gasteiger partial charge on any atom is 0.0541 e. The minimum atomic E-state index is -0.0654. The first kappa shape index (κ1) is 31.1. The van der Waals surface area contributed by atoms with Crippen LogP contribution in [0, 0.1) is 0 Å². The molecule has 1 aromatic heterocycles. The summed E-state index contributed by atoms with van der Waals surface area (Å²) in [5.41, 5.74) is 17.2. The summed E-state index contributed by atoms with van der Waals surface area (Å²) >= 11 is 0. The van der Waals surface area contributed by atoms with Gasteiger partial charge in [-0.25, -0.2) is 0 Å². The van der Waals surface area contributed by atoms with E-state index in [4.69, 9.17) is 0 Å². The standard InChI is InChI=1S/C51H38N2/c1-51(2)46-22-12-9-20-42(46)43-31-30-40(34-47(43)51)53-49-24-14-11-21-44(49)45-33-37(27-32-50(45)53)41-19-10-13-23-48(41)52(38-17-7-4-8-18-38)39-28-25-36(26-29-39)35-15-5-3-6-16-35/h3-34H,1-2H3. The zero-order valence-electron chi connectivity index (χ0n) is 29.9. The van der Waals surface area contributed by atoms with Crippen LogP contribution in [0.3, 0.4) is 0 Å². The van der Waals surface area contributed by atoms with E-state index < -0.39 is 0 Å². The van der Waals surface area contributed by atoms with E-state index in [-0.39, 0.29) is 5.41 Å². The Morgan fingerprint density at radius 1 is 0.396 bits per heavy atom. The highest BCUT2D eigenvalue weighted by Crippen LogP contribution is 2.50. The van der Waals surface area contributed by atoms with Crippen LogP contribution < -0.4 is 4.90 Å². The molecule has 0 bridgehead atoms. The quantitative estimate of drug-likeness (QED) is 0.170. The molecule has 0 saturated carbocycles. The number of hydrogen-bond acceptors (Lipinski definition) is 1. The lowest BCUT2D eigenvalue weighted by molar-refractivity contribution is 0.660. The van der Waals surface area contributed by atoms with Gasteiger partial charge in [0.05, 0.1) is 16.7 Å². The molecular formula is C51H38N2. The van der Waals surface area contributed by atoms with Crippen molar-refractivity contribution < 1.29 is 0 Å². The average molecular weight is 679 g/mol. The summed E-state index contributed by atoms with van der Waals surface area (Å²) in [6, 6.07) is 70.7. The summed E-state index contributed by atoms with van der Waals surface area (Å²) in [6.07, 6.45) is 0. The zero-order chi connectivity index (χ0) is 35.5. The van der Waals surface area contributed by atoms with Gasteiger partial charge in [0.25, 0.3) is 0 Å². The first-order valence-electron chi connectivity index (χ1n) is 18.4. The number of hydrogen-bond donors (Lipinski definition) is 0. The van der Waals surface area contributed by atoms with Gasteiger partial charge in [0.2, 0.25) is 0 Å². The lowest BCUT2D eigenvalue weighted by Crippen LogP contribution is -2.15. The van der Waals surface area contributed by atoms with E-state index in [1.165, 1.54) is 72.0 Å². The lowest BCUT2D eigenvalue weighted by Gasteiger charge is -2.28. The molecule has 1 aliphatic rings. The van der Waals surface area contributed by atoms with Crippen LogP contribution in [-0.4, -0.2) is 4.57 Å². The second kappa shape index (κ2) is 12.3. The molecule has 0 N–H and O–H groups in total. The highest BCUT2D eigenvalue weighted by molar-refractivity contribution is 6.11. The summed E-state index contributed by atoms with van der Waals surface area (Å²) in [4.78, 5) is 2.38. The Balaban J connectivity index is 1.12. The fraction of sp³-hybridized carbons (Fsp3) is 0.0588. The van der Waals surface area contributed by atoms with Crippen LogP contribution >= 0.6 is 0 Å². The van der Waals surface area contributed by atoms with Gasteiger partial charge < -0.3 is 9.47 Å². The van der Waals surface area contributed by atoms with Crippen molar-refractivity contribution in [2.45, 2.75) is 19.3 Å². The number of aromatic nitrogens is 1. The van der Waals surface area contributed by atoms with Gasteiger partial charge in [-0.15, -0.1) is 0 Å². The van der Waals surface area contributed by atoms with Crippen molar-refractivity contribution in [2.24, 2.45) is 0 Å². The summed E-state index contributed by atoms with van der Waals surface area (Å²) in [5.74, 6) is 0. The summed E-state index contributed by atoms with van der Waals surface area (Å²) in [5, 5.41) is 2.50. The predicted octanol–water partition coefficient (Wildman–Crippen LogP) is 13.9. The molecule has 0 amide bonds. The Morgan fingerprint density at radius 3 is 1.79 bits per heavy atom. The maximum absolute atomic E-state index is 2.45. The third kappa shape index (κ3) is 5.02. The fourth-order valence-electron chi connectivity index (χ4n) is 8.60. The molecule has 0 unspecified atom stereocenters. The molecule has 252 valence electrons. The molecule has 1 heterocycles. The molecular weight excluding hydrogens is 641 g/mol. The number of benzene rings is 8. The molecule has 2 heteroatoms. The minimum Gasteiger partial charge on any atom is -0.310 e. The molecule has 0 atom stereocenters. The normalized spacial score (nSPS) is 12.9. The van der Waals surface area contributed by atoms with E-state index in [2.05, 4.69) is 217 Å². The molecule has 2 nitrogen and oxygen atoms in total. The van der Waals surface area contributed by atoms with E-state index in [1.807, 2.05) is 0 Å². The molecule has 8 aromatic carbocycles. The number of fused-ring (bicyclic) bond motifs is 6. The third-order valence-corrected chi connectivity index (χ3v) is 11.2. The number of anilines is 3. The molecule has 0 fully saturated rings. The predicted molar refractivity (Wildman–Crippen MR) is 224 cm³/mol. The molecule has 0 radical (unpaired) electrons. The molecule has 0 aliphatic heterocycles. The van der Waals surface area contributed by atoms with Gasteiger partial charge in [0, 0.05) is 38.8 Å². The summed E-state index contributed by atoms with van der Waals surface area (Å²) in [6.45, 7) is 4.71. The Morgan fingerprint density at radius 2 is 0.981 bits per heavy atom. The molecule has 10 rings (SSSR count). The van der Waals surface area contributed by atoms with E-state index in [0.717, 1.165) is 17.1 Å². The van der Waals surface area contributed by atoms with Crippen LogP contribution in [0.5, 0.6) is 0 Å². The Bertz CT molecular complexity index is 2790. The van der Waals surface area contributed by atoms with E-state index in [9.17, 15) is 0 Å². The SMILES string of the molecule is CC1(C)c2ccccc2-c2ccc(-n3c4ccccc4c4cc(-c5ccccc5N(c5ccccc5)c5ccc(-c6ccccc6)cc5)ccc43)cc21. The van der Waals surface area contributed by atoms with Crippen molar-refractivity contribution >= 4 is 38.9 Å². The van der Waals surface area contributed by atoms with Gasteiger partial charge in [-0.3, -0.25) is 0 Å². The van der Waals surface area contributed by atoms with Crippen LogP contribution in [0.4, 0.5) is 17.1 Å². The van der Waals surface area contributed by atoms with Crippen LogP contribution in [-0.2, 0) is 5.41 Å². The van der Waals surface area contributed by atoms with E-state index in [1.54, 1.807) is 0 Å². The van der Waals surface area contributed by atoms with E-state index in [0.29, 0.717) is 0 Å². The lowest BCUT2D eigenvalue weighted by atomic mass is 9.82. The van der Waals surface area contributed by atoms with Crippen molar-refractivity contribution in [3.8, 4) is 39.1 Å². The van der Waals surface area contributed by atoms with Gasteiger partial charge in [-0.1, -0.05) is 147 Å². The molecule has 9 aromatic rings. The Hall–Kier alpha value is -6.64. The Kier molecular flexibility index (Phi) is 7.19. The average Bonchev–Trinajstić information content (AvgIpc) is 3.67. The smallest absolute Gasteiger partial charge is 0.0541 e. The minimum absolute atomic E-state index is 0.0654. The van der Waals surface area contributed by atoms with Crippen molar-refractivity contribution in [2.75, 3.05) is 4.90 Å². The second-order valence-electron chi connectivity index (χ2n) is 14.6. The van der Waals surface area contributed by atoms with Gasteiger partial charge in [-0.05, 0) is 99.6 Å². The zero-order valence-corrected chi connectivity index (χ0v) is 29.9. The van der Waals surface area contributed by atoms with Gasteiger partial charge in [0.1, 0.15) is 0 Å². The van der Waals surface area contributed by atoms with Gasteiger partial charge in [0.15, 0.2) is 0 Å². The summed E-state index contributed by atoms with van der Waals surface area (Å²) < 4.78 is 2.45. The van der Waals surface area contributed by atoms with Crippen molar-refractivity contribution in [1.29, 1.82) is 0 Å². The van der Waals surface area contributed by atoms with Gasteiger partial charge >= 0.3 is 0 Å². The van der Waals surface area contributed by atoms with Crippen molar-refractivity contribution in [1.82, 2.24) is 4.57 Å². The first-order valence-corrected chi connectivity index (χ1v) is 18.4. The third-order valence-electron chi connectivity index (χ3n) is 11.2. The van der Waals surface area contributed by atoms with Crippen LogP contribution in [0.1, 0.15) is 25.0 Å². The van der Waals surface area contributed by atoms with Crippen molar-refractivity contribution in [3.05, 3.63) is 205 Å². The van der Waals surface area contributed by atoms with Crippen molar-refractivity contribution in [3.63, 3.8) is 0 Å². The largest absolute Gasteiger partial charge is 0.310 e. The second-order valence-corrected chi connectivity index (χ2v) is 14.6. The van der Waals surface area contributed by atoms with Crippen LogP contribution in [0.25, 0.3) is 60.9 Å². The highest BCUT2D eigenvalue weighted by Gasteiger charge is 2.35. The number of rotatable bonds is 6. The van der Waals surface area contributed by atoms with Crippen LogP contribution in [0.15, 0.2) is 194 Å². The topological polar surface area (TPSA) is 8.17 Å². The Labute approximate surface area is 310 Å². The molecule has 1 aliphatic carbocycles. The molecule has 0 saturated heterocycles. The molecule has 0 spiro atoms. The molecule has 53 heavy (non-hydrogen) atoms. The number of nitrogens with zero attached hydrogens (tertiary/aromatic N) is 2. The summed E-state index contributed by atoms with van der Waals surface area (Å²) in [7, 11) is 0. The van der Waals surface area contributed by atoms with E-state index >= 15 is 0 Å². The fourth-order valence-corrected chi connectivity index (χ4v) is 8.60. The van der Waals surface area contributed by atoms with Crippen LogP contribution in [0.2, 0.25) is 0 Å².